The molecule has 0 aliphatic carbocycles. The number of thiazole rings is 1. The number of aromatic nitrogens is 2. The molecule has 3 rings (SSSR count). The van der Waals surface area contributed by atoms with E-state index < -0.39 is 0 Å². The zero-order valence-electron chi connectivity index (χ0n) is 11.1. The molecule has 3 nitrogen and oxygen atoms in total. The van der Waals surface area contributed by atoms with E-state index in [4.69, 9.17) is 4.74 Å². The quantitative estimate of drug-likeness (QED) is 0.723. The van der Waals surface area contributed by atoms with Gasteiger partial charge in [-0.15, -0.1) is 11.3 Å². The SMILES string of the molecule is Cc1ccncc1-c1nc(OCc2ccccc2)cs1. The first-order valence-corrected chi connectivity index (χ1v) is 7.24. The Morgan fingerprint density at radius 1 is 1.15 bits per heavy atom. The lowest BCUT2D eigenvalue weighted by Gasteiger charge is -2.02. The van der Waals surface area contributed by atoms with Crippen LogP contribution in [-0.4, -0.2) is 9.97 Å². The molecule has 0 amide bonds. The third kappa shape index (κ3) is 2.86. The molecule has 0 bridgehead atoms. The van der Waals surface area contributed by atoms with E-state index in [9.17, 15) is 0 Å². The summed E-state index contributed by atoms with van der Waals surface area (Å²) in [5.41, 5.74) is 3.37. The van der Waals surface area contributed by atoms with E-state index in [0.717, 1.165) is 16.1 Å². The average molecular weight is 282 g/mol. The second-order valence-electron chi connectivity index (χ2n) is 4.46. The van der Waals surface area contributed by atoms with Crippen molar-refractivity contribution in [1.29, 1.82) is 0 Å². The standard InChI is InChI=1S/C16H14N2OS/c1-12-7-8-17-9-14(12)16-18-15(11-20-16)19-10-13-5-3-2-4-6-13/h2-9,11H,10H2,1H3. The van der Waals surface area contributed by atoms with Crippen LogP contribution >= 0.6 is 11.3 Å². The van der Waals surface area contributed by atoms with Gasteiger partial charge in [0.2, 0.25) is 5.88 Å². The van der Waals surface area contributed by atoms with Crippen LogP contribution in [0.4, 0.5) is 0 Å². The van der Waals surface area contributed by atoms with Gasteiger partial charge < -0.3 is 4.74 Å². The van der Waals surface area contributed by atoms with Crippen LogP contribution in [0.3, 0.4) is 0 Å². The van der Waals surface area contributed by atoms with Gasteiger partial charge in [-0.3, -0.25) is 4.98 Å². The van der Waals surface area contributed by atoms with Crippen molar-refractivity contribution in [2.45, 2.75) is 13.5 Å². The first-order valence-electron chi connectivity index (χ1n) is 6.36. The van der Waals surface area contributed by atoms with Crippen LogP contribution in [0.5, 0.6) is 5.88 Å². The van der Waals surface area contributed by atoms with Crippen molar-refractivity contribution >= 4 is 11.3 Å². The Kier molecular flexibility index (Phi) is 3.74. The van der Waals surface area contributed by atoms with E-state index >= 15 is 0 Å². The summed E-state index contributed by atoms with van der Waals surface area (Å²) in [5.74, 6) is 0.664. The van der Waals surface area contributed by atoms with E-state index in [2.05, 4.69) is 16.9 Å². The Labute approximate surface area is 121 Å². The normalized spacial score (nSPS) is 10.4. The minimum atomic E-state index is 0.538. The lowest BCUT2D eigenvalue weighted by molar-refractivity contribution is 0.296. The van der Waals surface area contributed by atoms with E-state index in [1.165, 1.54) is 5.56 Å². The second-order valence-corrected chi connectivity index (χ2v) is 5.31. The highest BCUT2D eigenvalue weighted by atomic mass is 32.1. The molecule has 2 aromatic heterocycles. The molecule has 0 atom stereocenters. The molecule has 0 aliphatic heterocycles. The number of nitrogens with zero attached hydrogens (tertiary/aromatic N) is 2. The first kappa shape index (κ1) is 12.8. The number of benzene rings is 1. The summed E-state index contributed by atoms with van der Waals surface area (Å²) >= 11 is 1.58. The van der Waals surface area contributed by atoms with Gasteiger partial charge in [-0.25, -0.2) is 4.98 Å². The van der Waals surface area contributed by atoms with Gasteiger partial charge >= 0.3 is 0 Å². The smallest absolute Gasteiger partial charge is 0.225 e. The summed E-state index contributed by atoms with van der Waals surface area (Å²) in [7, 11) is 0. The van der Waals surface area contributed by atoms with Crippen molar-refractivity contribution in [3.05, 3.63) is 65.3 Å². The van der Waals surface area contributed by atoms with Crippen LogP contribution in [0.2, 0.25) is 0 Å². The molecule has 1 aromatic carbocycles. The minimum absolute atomic E-state index is 0.538. The average Bonchev–Trinajstić information content (AvgIpc) is 2.95. The van der Waals surface area contributed by atoms with Gasteiger partial charge in [0.1, 0.15) is 11.6 Å². The Balaban J connectivity index is 1.73. The summed E-state index contributed by atoms with van der Waals surface area (Å²) in [4.78, 5) is 8.66. The molecule has 100 valence electrons. The molecule has 0 spiro atoms. The van der Waals surface area contributed by atoms with Gasteiger partial charge in [-0.1, -0.05) is 30.3 Å². The fourth-order valence-corrected chi connectivity index (χ4v) is 2.68. The number of hydrogen-bond donors (Lipinski definition) is 0. The largest absolute Gasteiger partial charge is 0.472 e. The lowest BCUT2D eigenvalue weighted by Crippen LogP contribution is -1.95. The summed E-state index contributed by atoms with van der Waals surface area (Å²) in [6.45, 7) is 2.60. The second kappa shape index (κ2) is 5.84. The maximum atomic E-state index is 5.71. The highest BCUT2D eigenvalue weighted by molar-refractivity contribution is 7.13. The maximum absolute atomic E-state index is 5.71. The molecular weight excluding hydrogens is 268 g/mol. The van der Waals surface area contributed by atoms with E-state index in [1.54, 1.807) is 17.5 Å². The van der Waals surface area contributed by atoms with Gasteiger partial charge in [-0.2, -0.15) is 0 Å². The zero-order chi connectivity index (χ0) is 13.8. The molecule has 0 saturated heterocycles. The predicted octanol–water partition coefficient (Wildman–Crippen LogP) is 4.09. The van der Waals surface area contributed by atoms with Crippen LogP contribution in [0.15, 0.2) is 54.2 Å². The van der Waals surface area contributed by atoms with Gasteiger partial charge in [0.15, 0.2) is 0 Å². The van der Waals surface area contributed by atoms with Crippen LogP contribution in [0, 0.1) is 6.92 Å². The monoisotopic (exact) mass is 282 g/mol. The van der Waals surface area contributed by atoms with Crippen LogP contribution in [0.25, 0.3) is 10.6 Å². The Hall–Kier alpha value is -2.20. The molecule has 0 N–H and O–H groups in total. The van der Waals surface area contributed by atoms with Gasteiger partial charge in [-0.05, 0) is 24.1 Å². The topological polar surface area (TPSA) is 35.0 Å². The van der Waals surface area contributed by atoms with Gasteiger partial charge in [0, 0.05) is 18.0 Å². The molecule has 2 heterocycles. The predicted molar refractivity (Wildman–Crippen MR) is 80.9 cm³/mol. The minimum Gasteiger partial charge on any atom is -0.472 e. The third-order valence-electron chi connectivity index (χ3n) is 2.98. The lowest BCUT2D eigenvalue weighted by atomic mass is 10.2. The van der Waals surface area contributed by atoms with Crippen molar-refractivity contribution < 1.29 is 4.74 Å². The van der Waals surface area contributed by atoms with Gasteiger partial charge in [0.05, 0.1) is 5.38 Å². The Morgan fingerprint density at radius 3 is 2.80 bits per heavy atom. The van der Waals surface area contributed by atoms with Crippen molar-refractivity contribution in [2.24, 2.45) is 0 Å². The fourth-order valence-electron chi connectivity index (χ4n) is 1.87. The fraction of sp³-hybridized carbons (Fsp3) is 0.125. The highest BCUT2D eigenvalue weighted by Gasteiger charge is 2.08. The van der Waals surface area contributed by atoms with Crippen LogP contribution in [-0.2, 0) is 6.61 Å². The third-order valence-corrected chi connectivity index (χ3v) is 3.84. The molecule has 0 unspecified atom stereocenters. The molecule has 0 fully saturated rings. The Morgan fingerprint density at radius 2 is 2.00 bits per heavy atom. The number of ether oxygens (including phenoxy) is 1. The molecular formula is C16H14N2OS. The summed E-state index contributed by atoms with van der Waals surface area (Å²) in [6, 6.07) is 12.1. The van der Waals surface area contributed by atoms with Crippen molar-refractivity contribution in [2.75, 3.05) is 0 Å². The van der Waals surface area contributed by atoms with Crippen LogP contribution < -0.4 is 4.74 Å². The summed E-state index contributed by atoms with van der Waals surface area (Å²) < 4.78 is 5.71. The molecule has 4 heteroatoms. The van der Waals surface area contributed by atoms with Crippen LogP contribution in [0.1, 0.15) is 11.1 Å². The van der Waals surface area contributed by atoms with E-state index in [-0.39, 0.29) is 0 Å². The van der Waals surface area contributed by atoms with Crippen molar-refractivity contribution in [1.82, 2.24) is 9.97 Å². The maximum Gasteiger partial charge on any atom is 0.225 e. The number of pyridine rings is 1. The van der Waals surface area contributed by atoms with E-state index in [1.807, 2.05) is 48.0 Å². The highest BCUT2D eigenvalue weighted by Crippen LogP contribution is 2.28. The summed E-state index contributed by atoms with van der Waals surface area (Å²) in [5, 5.41) is 2.88. The van der Waals surface area contributed by atoms with E-state index in [0.29, 0.717) is 12.5 Å². The molecule has 0 saturated carbocycles. The molecule has 3 aromatic rings. The van der Waals surface area contributed by atoms with Crippen molar-refractivity contribution in [3.63, 3.8) is 0 Å². The first-order chi connectivity index (χ1) is 9.83. The zero-order valence-corrected chi connectivity index (χ0v) is 11.9. The number of aryl methyl sites for hydroxylation is 1. The molecule has 20 heavy (non-hydrogen) atoms. The van der Waals surface area contributed by atoms with Gasteiger partial charge in [0.25, 0.3) is 0 Å². The molecule has 0 radical (unpaired) electrons. The number of rotatable bonds is 4. The Bertz CT molecular complexity index is 694. The summed E-state index contributed by atoms with van der Waals surface area (Å²) in [6.07, 6.45) is 3.63. The van der Waals surface area contributed by atoms with Crippen molar-refractivity contribution in [3.8, 4) is 16.5 Å². The molecule has 0 aliphatic rings. The number of hydrogen-bond acceptors (Lipinski definition) is 4.